The third-order valence-electron chi connectivity index (χ3n) is 2.31. The molecule has 1 aromatic rings. The lowest BCUT2D eigenvalue weighted by Gasteiger charge is -2.13. The van der Waals surface area contributed by atoms with Gasteiger partial charge in [-0.05, 0) is 27.7 Å². The van der Waals surface area contributed by atoms with Gasteiger partial charge in [-0.1, -0.05) is 0 Å². The molecule has 0 spiro atoms. The van der Waals surface area contributed by atoms with Crippen LogP contribution in [-0.4, -0.2) is 16.6 Å². The zero-order valence-electron chi connectivity index (χ0n) is 9.82. The maximum absolute atomic E-state index is 5.79. The number of aryl methyl sites for hydroxylation is 1. The van der Waals surface area contributed by atoms with E-state index in [1.807, 2.05) is 27.7 Å². The molecule has 1 unspecified atom stereocenters. The molecule has 2 N–H and O–H groups in total. The van der Waals surface area contributed by atoms with Crippen molar-refractivity contribution in [1.82, 2.24) is 9.97 Å². The van der Waals surface area contributed by atoms with Crippen molar-refractivity contribution in [2.24, 2.45) is 5.73 Å². The third kappa shape index (κ3) is 2.97. The Morgan fingerprint density at radius 3 is 2.60 bits per heavy atom. The maximum atomic E-state index is 5.79. The van der Waals surface area contributed by atoms with Crippen molar-refractivity contribution in [2.75, 3.05) is 6.61 Å². The van der Waals surface area contributed by atoms with Crippen molar-refractivity contribution < 1.29 is 4.74 Å². The van der Waals surface area contributed by atoms with Crippen LogP contribution < -0.4 is 5.73 Å². The second-order valence-electron chi connectivity index (χ2n) is 3.66. The van der Waals surface area contributed by atoms with Gasteiger partial charge in [0, 0.05) is 30.1 Å². The van der Waals surface area contributed by atoms with Crippen molar-refractivity contribution in [2.45, 2.75) is 39.8 Å². The lowest BCUT2D eigenvalue weighted by molar-refractivity contribution is 0.0698. The zero-order chi connectivity index (χ0) is 11.4. The molecule has 0 radical (unpaired) electrons. The Labute approximate surface area is 90.9 Å². The Bertz CT molecular complexity index is 326. The van der Waals surface area contributed by atoms with Gasteiger partial charge in [-0.2, -0.15) is 0 Å². The van der Waals surface area contributed by atoms with Crippen molar-refractivity contribution in [3.8, 4) is 0 Å². The van der Waals surface area contributed by atoms with Gasteiger partial charge in [0.05, 0.1) is 0 Å². The van der Waals surface area contributed by atoms with Gasteiger partial charge in [-0.25, -0.2) is 9.97 Å². The van der Waals surface area contributed by atoms with E-state index in [4.69, 9.17) is 10.5 Å². The fourth-order valence-electron chi connectivity index (χ4n) is 1.46. The van der Waals surface area contributed by atoms with Crippen LogP contribution in [0.2, 0.25) is 0 Å². The Morgan fingerprint density at radius 1 is 1.47 bits per heavy atom. The van der Waals surface area contributed by atoms with E-state index in [0.717, 1.165) is 17.1 Å². The van der Waals surface area contributed by atoms with Crippen LogP contribution in [0.5, 0.6) is 0 Å². The molecule has 4 nitrogen and oxygen atoms in total. The van der Waals surface area contributed by atoms with E-state index in [0.29, 0.717) is 6.61 Å². The molecule has 0 fully saturated rings. The van der Waals surface area contributed by atoms with Gasteiger partial charge in [0.2, 0.25) is 0 Å². The van der Waals surface area contributed by atoms with Crippen molar-refractivity contribution in [3.05, 3.63) is 23.3 Å². The molecule has 84 valence electrons. The van der Waals surface area contributed by atoms with Crippen LogP contribution in [0.3, 0.4) is 0 Å². The molecule has 0 aromatic carbocycles. The van der Waals surface area contributed by atoms with E-state index < -0.39 is 0 Å². The first-order valence-electron chi connectivity index (χ1n) is 5.26. The minimum absolute atomic E-state index is 0.0264. The maximum Gasteiger partial charge on any atom is 0.157 e. The van der Waals surface area contributed by atoms with Crippen LogP contribution in [0.25, 0.3) is 0 Å². The Morgan fingerprint density at radius 2 is 2.13 bits per heavy atom. The van der Waals surface area contributed by atoms with Gasteiger partial charge in [0.1, 0.15) is 6.10 Å². The summed E-state index contributed by atoms with van der Waals surface area (Å²) in [4.78, 5) is 8.66. The highest BCUT2D eigenvalue weighted by Crippen LogP contribution is 2.16. The van der Waals surface area contributed by atoms with Gasteiger partial charge < -0.3 is 10.5 Å². The smallest absolute Gasteiger partial charge is 0.157 e. The minimum Gasteiger partial charge on any atom is -0.371 e. The lowest BCUT2D eigenvalue weighted by atomic mass is 10.1. The summed E-state index contributed by atoms with van der Waals surface area (Å²) < 4.78 is 5.43. The van der Waals surface area contributed by atoms with Gasteiger partial charge in [-0.3, -0.25) is 0 Å². The molecule has 0 amide bonds. The normalized spacial score (nSPS) is 15.0. The summed E-state index contributed by atoms with van der Waals surface area (Å²) in [5.41, 5.74) is 7.71. The molecule has 0 aliphatic rings. The standard InChI is InChI=1S/C11H19N3O/c1-5-15-9(4)11-13-6-10(7(2)12)8(3)14-11/h6-7,9H,5,12H2,1-4H3/t7-,9?/m0/s1. The molecular weight excluding hydrogens is 190 g/mol. The number of nitrogens with zero attached hydrogens (tertiary/aromatic N) is 2. The molecule has 0 saturated carbocycles. The zero-order valence-corrected chi connectivity index (χ0v) is 9.82. The van der Waals surface area contributed by atoms with Crippen LogP contribution in [0.4, 0.5) is 0 Å². The molecular formula is C11H19N3O. The lowest BCUT2D eigenvalue weighted by Crippen LogP contribution is -2.12. The SMILES string of the molecule is CCOC(C)c1ncc([C@H](C)N)c(C)n1. The average molecular weight is 209 g/mol. The molecule has 0 saturated heterocycles. The number of hydrogen-bond donors (Lipinski definition) is 1. The van der Waals surface area contributed by atoms with Crippen LogP contribution in [0.15, 0.2) is 6.20 Å². The highest BCUT2D eigenvalue weighted by atomic mass is 16.5. The van der Waals surface area contributed by atoms with Crippen LogP contribution >= 0.6 is 0 Å². The highest BCUT2D eigenvalue weighted by Gasteiger charge is 2.11. The topological polar surface area (TPSA) is 61.0 Å². The number of nitrogens with two attached hydrogens (primary N) is 1. The number of rotatable bonds is 4. The average Bonchev–Trinajstić information content (AvgIpc) is 2.17. The fraction of sp³-hybridized carbons (Fsp3) is 0.636. The first-order chi connectivity index (χ1) is 7.06. The summed E-state index contributed by atoms with van der Waals surface area (Å²) in [7, 11) is 0. The van der Waals surface area contributed by atoms with Crippen LogP contribution in [-0.2, 0) is 4.74 Å². The van der Waals surface area contributed by atoms with Gasteiger partial charge in [-0.15, -0.1) is 0 Å². The fourth-order valence-corrected chi connectivity index (χ4v) is 1.46. The van der Waals surface area contributed by atoms with Gasteiger partial charge >= 0.3 is 0 Å². The molecule has 0 aliphatic carbocycles. The Balaban J connectivity index is 2.91. The third-order valence-corrected chi connectivity index (χ3v) is 2.31. The number of ether oxygens (including phenoxy) is 1. The van der Waals surface area contributed by atoms with Crippen molar-refractivity contribution >= 4 is 0 Å². The van der Waals surface area contributed by atoms with Gasteiger partial charge in [0.25, 0.3) is 0 Å². The quantitative estimate of drug-likeness (QED) is 0.822. The van der Waals surface area contributed by atoms with E-state index in [-0.39, 0.29) is 12.1 Å². The van der Waals surface area contributed by atoms with Crippen molar-refractivity contribution in [1.29, 1.82) is 0 Å². The predicted octanol–water partition coefficient (Wildman–Crippen LogP) is 1.90. The predicted molar refractivity (Wildman–Crippen MR) is 59.4 cm³/mol. The van der Waals surface area contributed by atoms with Crippen LogP contribution in [0.1, 0.15) is 50.0 Å². The van der Waals surface area contributed by atoms with E-state index in [1.54, 1.807) is 6.20 Å². The first kappa shape index (κ1) is 12.1. The second-order valence-corrected chi connectivity index (χ2v) is 3.66. The second kappa shape index (κ2) is 5.19. The highest BCUT2D eigenvalue weighted by molar-refractivity contribution is 5.19. The molecule has 1 heterocycles. The van der Waals surface area contributed by atoms with E-state index in [9.17, 15) is 0 Å². The number of hydrogen-bond acceptors (Lipinski definition) is 4. The first-order valence-corrected chi connectivity index (χ1v) is 5.26. The molecule has 4 heteroatoms. The molecule has 1 aromatic heterocycles. The minimum atomic E-state index is -0.0594. The largest absolute Gasteiger partial charge is 0.371 e. The summed E-state index contributed by atoms with van der Waals surface area (Å²) >= 11 is 0. The van der Waals surface area contributed by atoms with E-state index in [2.05, 4.69) is 9.97 Å². The number of aromatic nitrogens is 2. The molecule has 15 heavy (non-hydrogen) atoms. The molecule has 2 atom stereocenters. The van der Waals surface area contributed by atoms with Gasteiger partial charge in [0.15, 0.2) is 5.82 Å². The Kier molecular flexibility index (Phi) is 4.17. The summed E-state index contributed by atoms with van der Waals surface area (Å²) in [5, 5.41) is 0. The summed E-state index contributed by atoms with van der Waals surface area (Å²) in [6, 6.07) is -0.0264. The monoisotopic (exact) mass is 209 g/mol. The Hall–Kier alpha value is -1.00. The van der Waals surface area contributed by atoms with Crippen LogP contribution in [0, 0.1) is 6.92 Å². The molecule has 0 aliphatic heterocycles. The van der Waals surface area contributed by atoms with E-state index in [1.165, 1.54) is 0 Å². The van der Waals surface area contributed by atoms with Crippen molar-refractivity contribution in [3.63, 3.8) is 0 Å². The summed E-state index contributed by atoms with van der Waals surface area (Å²) in [6.45, 7) is 8.45. The summed E-state index contributed by atoms with van der Waals surface area (Å²) in [5.74, 6) is 0.721. The molecule has 0 bridgehead atoms. The molecule has 1 rings (SSSR count). The van der Waals surface area contributed by atoms with E-state index >= 15 is 0 Å². The summed E-state index contributed by atoms with van der Waals surface area (Å²) in [6.07, 6.45) is 1.73.